The maximum atomic E-state index is 11.0. The van der Waals surface area contributed by atoms with Crippen molar-refractivity contribution in [2.24, 2.45) is 5.41 Å². The van der Waals surface area contributed by atoms with Crippen molar-refractivity contribution in [2.75, 3.05) is 18.5 Å². The molecule has 0 amide bonds. The smallest absolute Gasteiger partial charge is 0.309 e. The number of aliphatic carboxylic acids is 1. The topological polar surface area (TPSA) is 40.5 Å². The summed E-state index contributed by atoms with van der Waals surface area (Å²) in [4.78, 5) is 13.1. The van der Waals surface area contributed by atoms with Gasteiger partial charge in [0.05, 0.1) is 11.1 Å². The largest absolute Gasteiger partial charge is 0.481 e. The molecule has 1 rings (SSSR count). The normalized spacial score (nSPS) is 11.3. The Kier molecular flexibility index (Phi) is 4.57. The van der Waals surface area contributed by atoms with Crippen molar-refractivity contribution in [1.29, 1.82) is 0 Å². The maximum absolute atomic E-state index is 11.0. The number of halogens is 1. The lowest BCUT2D eigenvalue weighted by molar-refractivity contribution is -0.147. The summed E-state index contributed by atoms with van der Waals surface area (Å²) in [5, 5.41) is 9.05. The molecule has 1 aromatic rings. The van der Waals surface area contributed by atoms with Crippen LogP contribution in [0.5, 0.6) is 0 Å². The number of hydrogen-bond donors (Lipinski definition) is 1. The van der Waals surface area contributed by atoms with Crippen molar-refractivity contribution in [3.05, 3.63) is 28.7 Å². The third-order valence-electron chi connectivity index (χ3n) is 2.91. The summed E-state index contributed by atoms with van der Waals surface area (Å²) in [6.45, 7) is 4.22. The van der Waals surface area contributed by atoms with E-state index in [2.05, 4.69) is 20.8 Å². The molecule has 0 aromatic heterocycles. The average Bonchev–Trinajstić information content (AvgIpc) is 2.26. The van der Waals surface area contributed by atoms with Crippen LogP contribution in [0.3, 0.4) is 0 Å². The fourth-order valence-electron chi connectivity index (χ4n) is 1.44. The van der Waals surface area contributed by atoms with Crippen LogP contribution in [-0.4, -0.2) is 24.7 Å². The Balaban J connectivity index is 2.65. The van der Waals surface area contributed by atoms with Crippen molar-refractivity contribution in [3.63, 3.8) is 0 Å². The third kappa shape index (κ3) is 3.73. The van der Waals surface area contributed by atoms with Gasteiger partial charge in [-0.2, -0.15) is 0 Å². The molecule has 0 saturated carbocycles. The first kappa shape index (κ1) is 14.0. The van der Waals surface area contributed by atoms with Gasteiger partial charge in [0.1, 0.15) is 0 Å². The lowest BCUT2D eigenvalue weighted by Crippen LogP contribution is -2.30. The minimum Gasteiger partial charge on any atom is -0.481 e. The van der Waals surface area contributed by atoms with E-state index in [1.807, 2.05) is 31.3 Å². The molecule has 3 nitrogen and oxygen atoms in total. The van der Waals surface area contributed by atoms with E-state index in [1.54, 1.807) is 13.8 Å². The highest BCUT2D eigenvalue weighted by Crippen LogP contribution is 2.27. The molecular formula is C13H18BrNO2. The number of para-hydroxylation sites is 1. The van der Waals surface area contributed by atoms with Crippen molar-refractivity contribution in [3.8, 4) is 0 Å². The van der Waals surface area contributed by atoms with E-state index < -0.39 is 11.4 Å². The summed E-state index contributed by atoms with van der Waals surface area (Å²) in [5.41, 5.74) is 0.392. The number of nitrogens with zero attached hydrogens (tertiary/aromatic N) is 1. The second-order valence-electron chi connectivity index (χ2n) is 4.81. The molecule has 0 aliphatic heterocycles. The van der Waals surface area contributed by atoms with Gasteiger partial charge >= 0.3 is 5.97 Å². The molecule has 0 aliphatic rings. The molecule has 1 N–H and O–H groups in total. The van der Waals surface area contributed by atoms with Crippen molar-refractivity contribution >= 4 is 27.6 Å². The molecule has 0 spiro atoms. The van der Waals surface area contributed by atoms with E-state index in [9.17, 15) is 4.79 Å². The van der Waals surface area contributed by atoms with Crippen LogP contribution in [0.4, 0.5) is 5.69 Å². The first-order valence-corrected chi connectivity index (χ1v) is 6.33. The van der Waals surface area contributed by atoms with Gasteiger partial charge in [0, 0.05) is 18.1 Å². The van der Waals surface area contributed by atoms with Gasteiger partial charge in [-0.15, -0.1) is 0 Å². The summed E-state index contributed by atoms with van der Waals surface area (Å²) < 4.78 is 1.02. The summed E-state index contributed by atoms with van der Waals surface area (Å²) in [5.74, 6) is -0.752. The fraction of sp³-hybridized carbons (Fsp3) is 0.462. The van der Waals surface area contributed by atoms with Crippen LogP contribution in [0.2, 0.25) is 0 Å². The Hall–Kier alpha value is -1.03. The fourth-order valence-corrected chi connectivity index (χ4v) is 2.02. The van der Waals surface area contributed by atoms with Crippen molar-refractivity contribution in [1.82, 2.24) is 0 Å². The highest BCUT2D eigenvalue weighted by Gasteiger charge is 2.27. The van der Waals surface area contributed by atoms with Crippen molar-refractivity contribution < 1.29 is 9.90 Å². The van der Waals surface area contributed by atoms with E-state index in [0.29, 0.717) is 13.0 Å². The summed E-state index contributed by atoms with van der Waals surface area (Å²) in [6.07, 6.45) is 0.611. The van der Waals surface area contributed by atoms with Crippen LogP contribution in [0, 0.1) is 5.41 Å². The average molecular weight is 300 g/mol. The molecule has 0 unspecified atom stereocenters. The molecule has 4 heteroatoms. The molecule has 0 saturated heterocycles. The predicted molar refractivity (Wildman–Crippen MR) is 73.4 cm³/mol. The van der Waals surface area contributed by atoms with Gasteiger partial charge in [-0.25, -0.2) is 0 Å². The van der Waals surface area contributed by atoms with Crippen LogP contribution in [0.15, 0.2) is 28.7 Å². The highest BCUT2D eigenvalue weighted by atomic mass is 79.9. The van der Waals surface area contributed by atoms with Gasteiger partial charge in [-0.05, 0) is 48.3 Å². The van der Waals surface area contributed by atoms with Crippen molar-refractivity contribution in [2.45, 2.75) is 20.3 Å². The lowest BCUT2D eigenvalue weighted by Gasteiger charge is -2.25. The zero-order valence-corrected chi connectivity index (χ0v) is 12.0. The van der Waals surface area contributed by atoms with E-state index in [0.717, 1.165) is 10.2 Å². The minimum absolute atomic E-state index is 0.611. The molecule has 1 aromatic carbocycles. The minimum atomic E-state index is -0.752. The number of hydrogen-bond acceptors (Lipinski definition) is 2. The van der Waals surface area contributed by atoms with Crippen LogP contribution >= 0.6 is 15.9 Å². The van der Waals surface area contributed by atoms with Gasteiger partial charge in [-0.1, -0.05) is 12.1 Å². The van der Waals surface area contributed by atoms with Gasteiger partial charge < -0.3 is 10.0 Å². The van der Waals surface area contributed by atoms with Crippen LogP contribution < -0.4 is 4.90 Å². The summed E-state index contributed by atoms with van der Waals surface area (Å²) in [7, 11) is 1.97. The SMILES string of the molecule is CN(CCC(C)(C)C(=O)O)c1ccccc1Br. The zero-order valence-electron chi connectivity index (χ0n) is 10.4. The molecule has 17 heavy (non-hydrogen) atoms. The Morgan fingerprint density at radius 3 is 2.53 bits per heavy atom. The van der Waals surface area contributed by atoms with E-state index in [1.165, 1.54) is 0 Å². The quantitative estimate of drug-likeness (QED) is 0.906. The monoisotopic (exact) mass is 299 g/mol. The Labute approximate surface area is 111 Å². The number of anilines is 1. The molecule has 0 aliphatic carbocycles. The van der Waals surface area contributed by atoms with Crippen LogP contribution in [-0.2, 0) is 4.79 Å². The maximum Gasteiger partial charge on any atom is 0.309 e. The number of carboxylic acid groups (broad SMARTS) is 1. The Morgan fingerprint density at radius 2 is 2.00 bits per heavy atom. The second kappa shape index (κ2) is 5.54. The van der Waals surface area contributed by atoms with E-state index in [4.69, 9.17) is 5.11 Å². The van der Waals surface area contributed by atoms with Crippen LogP contribution in [0.25, 0.3) is 0 Å². The summed E-state index contributed by atoms with van der Waals surface area (Å²) in [6, 6.07) is 7.92. The Morgan fingerprint density at radius 1 is 1.41 bits per heavy atom. The number of rotatable bonds is 5. The van der Waals surface area contributed by atoms with E-state index in [-0.39, 0.29) is 0 Å². The van der Waals surface area contributed by atoms with Gasteiger partial charge in [0.2, 0.25) is 0 Å². The second-order valence-corrected chi connectivity index (χ2v) is 5.67. The lowest BCUT2D eigenvalue weighted by atomic mass is 9.89. The zero-order chi connectivity index (χ0) is 13.1. The summed E-state index contributed by atoms with van der Waals surface area (Å²) >= 11 is 3.49. The first-order chi connectivity index (χ1) is 7.84. The third-order valence-corrected chi connectivity index (χ3v) is 3.59. The molecule has 0 bridgehead atoms. The first-order valence-electron chi connectivity index (χ1n) is 5.53. The molecule has 0 atom stereocenters. The van der Waals surface area contributed by atoms with Crippen LogP contribution in [0.1, 0.15) is 20.3 Å². The molecule has 94 valence electrons. The molecule has 0 radical (unpaired) electrons. The molecule has 0 heterocycles. The number of carboxylic acids is 1. The molecule has 0 fully saturated rings. The standard InChI is InChI=1S/C13H18BrNO2/c1-13(2,12(16)17)8-9-15(3)11-7-5-4-6-10(11)14/h4-7H,8-9H2,1-3H3,(H,16,17). The van der Waals surface area contributed by atoms with Gasteiger partial charge in [0.15, 0.2) is 0 Å². The highest BCUT2D eigenvalue weighted by molar-refractivity contribution is 9.10. The Bertz CT molecular complexity index is 404. The number of carbonyl (C=O) groups is 1. The van der Waals surface area contributed by atoms with Gasteiger partial charge in [-0.3, -0.25) is 4.79 Å². The van der Waals surface area contributed by atoms with Gasteiger partial charge in [0.25, 0.3) is 0 Å². The number of benzene rings is 1. The van der Waals surface area contributed by atoms with E-state index >= 15 is 0 Å². The predicted octanol–water partition coefficient (Wildman–Crippen LogP) is 3.39. The molecular weight excluding hydrogens is 282 g/mol.